The highest BCUT2D eigenvalue weighted by Gasteiger charge is 2.09. The van der Waals surface area contributed by atoms with Crippen molar-refractivity contribution in [2.45, 2.75) is 13.0 Å². The lowest BCUT2D eigenvalue weighted by Crippen LogP contribution is -2.07. The average molecular weight is 287 g/mol. The van der Waals surface area contributed by atoms with Crippen molar-refractivity contribution in [1.82, 2.24) is 0 Å². The molecular weight excluding hydrogens is 272 g/mol. The number of nitrogens with one attached hydrogen (secondary N) is 1. The fraction of sp³-hybridized carbons (Fsp3) is 0.188. The Morgan fingerprint density at radius 3 is 2.50 bits per heavy atom. The third-order valence-corrected chi connectivity index (χ3v) is 3.41. The van der Waals surface area contributed by atoms with Gasteiger partial charge in [-0.3, -0.25) is 0 Å². The molecule has 1 N–H and O–H groups in total. The Bertz CT molecular complexity index is 632. The molecule has 0 amide bonds. The number of hydrogen-bond donors (Lipinski definition) is 1. The number of halogens is 1. The van der Waals surface area contributed by atoms with Gasteiger partial charge in [-0.1, -0.05) is 23.7 Å². The molecule has 0 aliphatic rings. The number of anilines is 1. The van der Waals surface area contributed by atoms with E-state index in [1.165, 1.54) is 0 Å². The van der Waals surface area contributed by atoms with E-state index in [0.29, 0.717) is 10.6 Å². The lowest BCUT2D eigenvalue weighted by atomic mass is 10.1. The van der Waals surface area contributed by atoms with Crippen molar-refractivity contribution in [1.29, 1.82) is 5.26 Å². The first-order chi connectivity index (χ1) is 9.63. The Balaban J connectivity index is 2.18. The second-order valence-corrected chi connectivity index (χ2v) is 4.85. The van der Waals surface area contributed by atoms with Crippen LogP contribution in [-0.4, -0.2) is 7.11 Å². The maximum atomic E-state index is 8.80. The second kappa shape index (κ2) is 6.31. The molecule has 0 aromatic heterocycles. The van der Waals surface area contributed by atoms with Gasteiger partial charge >= 0.3 is 0 Å². The fourth-order valence-electron chi connectivity index (χ4n) is 1.90. The first kappa shape index (κ1) is 14.2. The third-order valence-electron chi connectivity index (χ3n) is 3.09. The minimum absolute atomic E-state index is 0.0762. The molecule has 3 nitrogen and oxygen atoms in total. The number of hydrogen-bond acceptors (Lipinski definition) is 3. The van der Waals surface area contributed by atoms with Gasteiger partial charge in [-0.2, -0.15) is 5.26 Å². The molecule has 0 bridgehead atoms. The van der Waals surface area contributed by atoms with E-state index < -0.39 is 0 Å². The normalized spacial score (nSPS) is 11.5. The van der Waals surface area contributed by atoms with Gasteiger partial charge in [-0.05, 0) is 36.8 Å². The van der Waals surface area contributed by atoms with Crippen molar-refractivity contribution < 1.29 is 4.74 Å². The van der Waals surface area contributed by atoms with Crippen LogP contribution in [-0.2, 0) is 0 Å². The Morgan fingerprint density at radius 2 is 1.90 bits per heavy atom. The van der Waals surface area contributed by atoms with Gasteiger partial charge in [0, 0.05) is 12.1 Å². The van der Waals surface area contributed by atoms with Crippen LogP contribution in [0.15, 0.2) is 42.5 Å². The first-order valence-corrected chi connectivity index (χ1v) is 6.62. The number of nitriles is 1. The Kier molecular flexibility index (Phi) is 4.49. The minimum Gasteiger partial charge on any atom is -0.497 e. The summed E-state index contributed by atoms with van der Waals surface area (Å²) in [6.07, 6.45) is 0. The van der Waals surface area contributed by atoms with Crippen LogP contribution in [0.3, 0.4) is 0 Å². The predicted octanol–water partition coefficient (Wildman–Crippen LogP) is 4.39. The van der Waals surface area contributed by atoms with Gasteiger partial charge in [0.15, 0.2) is 0 Å². The van der Waals surface area contributed by atoms with E-state index in [2.05, 4.69) is 11.4 Å². The van der Waals surface area contributed by atoms with E-state index in [4.69, 9.17) is 21.6 Å². The number of methoxy groups -OCH3 is 1. The predicted molar refractivity (Wildman–Crippen MR) is 81.2 cm³/mol. The van der Waals surface area contributed by atoms with Crippen LogP contribution in [0, 0.1) is 11.3 Å². The highest BCUT2D eigenvalue weighted by Crippen LogP contribution is 2.29. The molecule has 0 saturated heterocycles. The van der Waals surface area contributed by atoms with Crippen molar-refractivity contribution in [2.24, 2.45) is 0 Å². The summed E-state index contributed by atoms with van der Waals surface area (Å²) < 4.78 is 5.19. The van der Waals surface area contributed by atoms with Gasteiger partial charge in [0.2, 0.25) is 0 Å². The summed E-state index contributed by atoms with van der Waals surface area (Å²) in [4.78, 5) is 0. The summed E-state index contributed by atoms with van der Waals surface area (Å²) in [5.41, 5.74) is 2.56. The van der Waals surface area contributed by atoms with E-state index in [1.54, 1.807) is 25.3 Å². The zero-order chi connectivity index (χ0) is 14.5. The Labute approximate surface area is 123 Å². The molecule has 0 spiro atoms. The summed E-state index contributed by atoms with van der Waals surface area (Å²) in [5, 5.41) is 12.8. The summed E-state index contributed by atoms with van der Waals surface area (Å²) in [6.45, 7) is 2.04. The third kappa shape index (κ3) is 3.23. The van der Waals surface area contributed by atoms with Gasteiger partial charge in [0.1, 0.15) is 5.75 Å². The molecule has 1 atom stereocenters. The Morgan fingerprint density at radius 1 is 1.20 bits per heavy atom. The van der Waals surface area contributed by atoms with Crippen LogP contribution in [0.1, 0.15) is 24.1 Å². The van der Waals surface area contributed by atoms with Crippen LogP contribution < -0.4 is 10.1 Å². The SMILES string of the molecule is COc1ccc(Cl)c(NC(C)c2ccc(C#N)cc2)c1. The molecule has 1 unspecified atom stereocenters. The van der Waals surface area contributed by atoms with E-state index >= 15 is 0 Å². The van der Waals surface area contributed by atoms with E-state index in [9.17, 15) is 0 Å². The number of nitrogens with zero attached hydrogens (tertiary/aromatic N) is 1. The van der Waals surface area contributed by atoms with Gasteiger partial charge in [0.05, 0.1) is 29.5 Å². The van der Waals surface area contributed by atoms with E-state index in [1.807, 2.05) is 31.2 Å². The molecule has 2 aromatic carbocycles. The maximum Gasteiger partial charge on any atom is 0.121 e. The maximum absolute atomic E-state index is 8.80. The lowest BCUT2D eigenvalue weighted by Gasteiger charge is -2.17. The fourth-order valence-corrected chi connectivity index (χ4v) is 2.08. The smallest absolute Gasteiger partial charge is 0.121 e. The number of benzene rings is 2. The molecule has 0 radical (unpaired) electrons. The zero-order valence-electron chi connectivity index (χ0n) is 11.4. The van der Waals surface area contributed by atoms with E-state index in [0.717, 1.165) is 17.0 Å². The summed E-state index contributed by atoms with van der Waals surface area (Å²) in [5.74, 6) is 0.754. The lowest BCUT2D eigenvalue weighted by molar-refractivity contribution is 0.415. The van der Waals surface area contributed by atoms with Crippen molar-refractivity contribution >= 4 is 17.3 Å². The second-order valence-electron chi connectivity index (χ2n) is 4.45. The quantitative estimate of drug-likeness (QED) is 0.906. The molecular formula is C16H15ClN2O. The largest absolute Gasteiger partial charge is 0.497 e. The van der Waals surface area contributed by atoms with Crippen molar-refractivity contribution in [3.05, 3.63) is 58.6 Å². The van der Waals surface area contributed by atoms with Crippen molar-refractivity contribution in [3.63, 3.8) is 0 Å². The number of ether oxygens (including phenoxy) is 1. The minimum atomic E-state index is 0.0762. The van der Waals surface area contributed by atoms with Crippen molar-refractivity contribution in [3.8, 4) is 11.8 Å². The van der Waals surface area contributed by atoms with Crippen LogP contribution in [0.25, 0.3) is 0 Å². The average Bonchev–Trinajstić information content (AvgIpc) is 2.49. The highest BCUT2D eigenvalue weighted by atomic mass is 35.5. The zero-order valence-corrected chi connectivity index (χ0v) is 12.1. The van der Waals surface area contributed by atoms with E-state index in [-0.39, 0.29) is 6.04 Å². The molecule has 4 heteroatoms. The molecule has 0 saturated carbocycles. The molecule has 0 fully saturated rings. The standard InChI is InChI=1S/C16H15ClN2O/c1-11(13-5-3-12(10-18)4-6-13)19-16-9-14(20-2)7-8-15(16)17/h3-9,11,19H,1-2H3. The van der Waals surface area contributed by atoms with Crippen LogP contribution >= 0.6 is 11.6 Å². The van der Waals surface area contributed by atoms with Gasteiger partial charge in [0.25, 0.3) is 0 Å². The van der Waals surface area contributed by atoms with Crippen LogP contribution in [0.4, 0.5) is 5.69 Å². The summed E-state index contributed by atoms with van der Waals surface area (Å²) in [6, 6.07) is 15.2. The molecule has 102 valence electrons. The first-order valence-electron chi connectivity index (χ1n) is 6.24. The molecule has 2 aromatic rings. The van der Waals surface area contributed by atoms with Crippen molar-refractivity contribution in [2.75, 3.05) is 12.4 Å². The van der Waals surface area contributed by atoms with Crippen LogP contribution in [0.5, 0.6) is 5.75 Å². The molecule has 20 heavy (non-hydrogen) atoms. The Hall–Kier alpha value is -2.18. The topological polar surface area (TPSA) is 45.0 Å². The molecule has 2 rings (SSSR count). The van der Waals surface area contributed by atoms with Gasteiger partial charge < -0.3 is 10.1 Å². The summed E-state index contributed by atoms with van der Waals surface area (Å²) in [7, 11) is 1.62. The van der Waals surface area contributed by atoms with Crippen LogP contribution in [0.2, 0.25) is 5.02 Å². The highest BCUT2D eigenvalue weighted by molar-refractivity contribution is 6.33. The van der Waals surface area contributed by atoms with Gasteiger partial charge in [-0.15, -0.1) is 0 Å². The molecule has 0 aliphatic heterocycles. The monoisotopic (exact) mass is 286 g/mol. The number of rotatable bonds is 4. The summed E-state index contributed by atoms with van der Waals surface area (Å²) >= 11 is 6.17. The molecule has 0 aliphatic carbocycles. The van der Waals surface area contributed by atoms with Gasteiger partial charge in [-0.25, -0.2) is 0 Å². The molecule has 0 heterocycles.